The Labute approximate surface area is 85.3 Å². The standard InChI is InChI=1S/C9H17NO3S/c1-3-7-14(12,13)10-6-4-5-9(11)8(10)2/h3,8-9,11H,1,4-7H2,2H3. The summed E-state index contributed by atoms with van der Waals surface area (Å²) in [6.45, 7) is 5.67. The van der Waals surface area contributed by atoms with E-state index >= 15 is 0 Å². The lowest BCUT2D eigenvalue weighted by atomic mass is 10.0. The molecule has 0 aromatic carbocycles. The van der Waals surface area contributed by atoms with E-state index in [2.05, 4.69) is 6.58 Å². The number of rotatable bonds is 3. The van der Waals surface area contributed by atoms with Gasteiger partial charge in [-0.2, -0.15) is 4.31 Å². The second kappa shape index (κ2) is 4.42. The topological polar surface area (TPSA) is 57.6 Å². The van der Waals surface area contributed by atoms with Crippen LogP contribution in [0.2, 0.25) is 0 Å². The summed E-state index contributed by atoms with van der Waals surface area (Å²) in [6.07, 6.45) is 2.25. The van der Waals surface area contributed by atoms with E-state index in [0.717, 1.165) is 6.42 Å². The van der Waals surface area contributed by atoms with Crippen LogP contribution in [0.4, 0.5) is 0 Å². The third-order valence-electron chi connectivity index (χ3n) is 2.58. The van der Waals surface area contributed by atoms with Crippen molar-refractivity contribution >= 4 is 10.0 Å². The molecule has 14 heavy (non-hydrogen) atoms. The third-order valence-corrected chi connectivity index (χ3v) is 4.46. The molecule has 1 aliphatic heterocycles. The van der Waals surface area contributed by atoms with Gasteiger partial charge in [-0.05, 0) is 19.8 Å². The van der Waals surface area contributed by atoms with Gasteiger partial charge in [-0.1, -0.05) is 6.08 Å². The van der Waals surface area contributed by atoms with Gasteiger partial charge < -0.3 is 5.11 Å². The quantitative estimate of drug-likeness (QED) is 0.697. The van der Waals surface area contributed by atoms with Crippen molar-refractivity contribution in [3.63, 3.8) is 0 Å². The molecule has 82 valence electrons. The van der Waals surface area contributed by atoms with E-state index in [1.165, 1.54) is 10.4 Å². The van der Waals surface area contributed by atoms with E-state index in [9.17, 15) is 13.5 Å². The van der Waals surface area contributed by atoms with E-state index in [4.69, 9.17) is 0 Å². The predicted octanol–water partition coefficient (Wildman–Crippen LogP) is 0.347. The number of nitrogens with zero attached hydrogens (tertiary/aromatic N) is 1. The molecule has 1 N–H and O–H groups in total. The van der Waals surface area contributed by atoms with E-state index in [-0.39, 0.29) is 11.8 Å². The van der Waals surface area contributed by atoms with Crippen LogP contribution in [0.25, 0.3) is 0 Å². The zero-order valence-electron chi connectivity index (χ0n) is 8.39. The summed E-state index contributed by atoms with van der Waals surface area (Å²) in [5, 5.41) is 9.55. The average Bonchev–Trinajstić information content (AvgIpc) is 2.09. The molecule has 0 radical (unpaired) electrons. The molecule has 4 nitrogen and oxygen atoms in total. The fourth-order valence-corrected chi connectivity index (χ4v) is 3.27. The minimum Gasteiger partial charge on any atom is -0.391 e. The minimum absolute atomic E-state index is 0.0515. The number of aliphatic hydroxyl groups is 1. The summed E-state index contributed by atoms with van der Waals surface area (Å²) in [6, 6.07) is -0.311. The van der Waals surface area contributed by atoms with Crippen LogP contribution in [-0.2, 0) is 10.0 Å². The molecule has 2 atom stereocenters. The summed E-state index contributed by atoms with van der Waals surface area (Å²) in [7, 11) is -3.26. The van der Waals surface area contributed by atoms with Crippen LogP contribution < -0.4 is 0 Å². The molecular formula is C9H17NO3S. The summed E-state index contributed by atoms with van der Waals surface area (Å²) >= 11 is 0. The molecule has 1 fully saturated rings. The van der Waals surface area contributed by atoms with Gasteiger partial charge in [0.05, 0.1) is 11.9 Å². The molecule has 5 heteroatoms. The zero-order chi connectivity index (χ0) is 10.8. The molecule has 0 aromatic rings. The van der Waals surface area contributed by atoms with Gasteiger partial charge in [0.15, 0.2) is 0 Å². The van der Waals surface area contributed by atoms with Gasteiger partial charge in [0.2, 0.25) is 10.0 Å². The van der Waals surface area contributed by atoms with Crippen LogP contribution in [-0.4, -0.2) is 42.3 Å². The molecule has 0 bridgehead atoms. The number of hydrogen-bond donors (Lipinski definition) is 1. The van der Waals surface area contributed by atoms with Gasteiger partial charge in [0.25, 0.3) is 0 Å². The normalized spacial score (nSPS) is 30.1. The molecule has 0 amide bonds. The van der Waals surface area contributed by atoms with Crippen LogP contribution in [0.3, 0.4) is 0 Å². The van der Waals surface area contributed by atoms with Crippen molar-refractivity contribution in [3.05, 3.63) is 12.7 Å². The lowest BCUT2D eigenvalue weighted by Gasteiger charge is -2.35. The number of piperidine rings is 1. The Morgan fingerprint density at radius 3 is 2.86 bits per heavy atom. The Hall–Kier alpha value is -0.390. The highest BCUT2D eigenvalue weighted by atomic mass is 32.2. The smallest absolute Gasteiger partial charge is 0.218 e. The first-order valence-electron chi connectivity index (χ1n) is 4.77. The van der Waals surface area contributed by atoms with Gasteiger partial charge in [-0.3, -0.25) is 0 Å². The fraction of sp³-hybridized carbons (Fsp3) is 0.778. The van der Waals surface area contributed by atoms with Crippen molar-refractivity contribution in [1.29, 1.82) is 0 Å². The first kappa shape index (κ1) is 11.7. The molecule has 1 aliphatic rings. The molecule has 0 spiro atoms. The largest absolute Gasteiger partial charge is 0.391 e. The highest BCUT2D eigenvalue weighted by Gasteiger charge is 2.33. The second-order valence-corrected chi connectivity index (χ2v) is 5.59. The monoisotopic (exact) mass is 219 g/mol. The minimum atomic E-state index is -3.26. The maximum Gasteiger partial charge on any atom is 0.218 e. The van der Waals surface area contributed by atoms with Crippen molar-refractivity contribution in [3.8, 4) is 0 Å². The fourth-order valence-electron chi connectivity index (χ4n) is 1.73. The molecule has 0 aliphatic carbocycles. The van der Waals surface area contributed by atoms with Crippen molar-refractivity contribution in [2.45, 2.75) is 31.9 Å². The van der Waals surface area contributed by atoms with Gasteiger partial charge >= 0.3 is 0 Å². The molecule has 0 saturated carbocycles. The first-order valence-corrected chi connectivity index (χ1v) is 6.38. The van der Waals surface area contributed by atoms with Crippen molar-refractivity contribution in [1.82, 2.24) is 4.31 Å². The maximum atomic E-state index is 11.7. The van der Waals surface area contributed by atoms with Crippen molar-refractivity contribution in [2.75, 3.05) is 12.3 Å². The SMILES string of the molecule is C=CCS(=O)(=O)N1CCCC(O)C1C. The van der Waals surface area contributed by atoms with Crippen LogP contribution in [0.1, 0.15) is 19.8 Å². The number of aliphatic hydroxyl groups excluding tert-OH is 1. The predicted molar refractivity (Wildman–Crippen MR) is 55.4 cm³/mol. The van der Waals surface area contributed by atoms with Gasteiger partial charge in [0, 0.05) is 12.6 Å². The molecule has 2 unspecified atom stereocenters. The van der Waals surface area contributed by atoms with E-state index in [1.54, 1.807) is 6.92 Å². The van der Waals surface area contributed by atoms with Crippen LogP contribution in [0.5, 0.6) is 0 Å². The van der Waals surface area contributed by atoms with E-state index < -0.39 is 16.1 Å². The summed E-state index contributed by atoms with van der Waals surface area (Å²) in [4.78, 5) is 0. The Balaban J connectivity index is 2.80. The highest BCUT2D eigenvalue weighted by Crippen LogP contribution is 2.20. The molecule has 0 aromatic heterocycles. The maximum absolute atomic E-state index is 11.7. The molecule has 1 rings (SSSR count). The lowest BCUT2D eigenvalue weighted by molar-refractivity contribution is 0.0615. The van der Waals surface area contributed by atoms with E-state index in [1.807, 2.05) is 0 Å². The summed E-state index contributed by atoms with van der Waals surface area (Å²) in [5.74, 6) is -0.0515. The summed E-state index contributed by atoms with van der Waals surface area (Å²) in [5.41, 5.74) is 0. The lowest BCUT2D eigenvalue weighted by Crippen LogP contribution is -2.49. The Kier molecular flexibility index (Phi) is 3.69. The van der Waals surface area contributed by atoms with Crippen LogP contribution in [0, 0.1) is 0 Å². The second-order valence-electron chi connectivity index (χ2n) is 3.63. The Morgan fingerprint density at radius 2 is 2.29 bits per heavy atom. The molecular weight excluding hydrogens is 202 g/mol. The van der Waals surface area contributed by atoms with Gasteiger partial charge in [-0.15, -0.1) is 6.58 Å². The first-order chi connectivity index (χ1) is 6.49. The van der Waals surface area contributed by atoms with E-state index in [0.29, 0.717) is 13.0 Å². The van der Waals surface area contributed by atoms with Crippen molar-refractivity contribution < 1.29 is 13.5 Å². The summed E-state index contributed by atoms with van der Waals surface area (Å²) < 4.78 is 24.7. The number of hydrogen-bond acceptors (Lipinski definition) is 3. The number of sulfonamides is 1. The average molecular weight is 219 g/mol. The molecule has 1 heterocycles. The van der Waals surface area contributed by atoms with Gasteiger partial charge in [0.1, 0.15) is 0 Å². The Bertz CT molecular complexity index is 299. The van der Waals surface area contributed by atoms with Gasteiger partial charge in [-0.25, -0.2) is 8.42 Å². The zero-order valence-corrected chi connectivity index (χ0v) is 9.20. The Morgan fingerprint density at radius 1 is 1.64 bits per heavy atom. The van der Waals surface area contributed by atoms with Crippen LogP contribution >= 0.6 is 0 Å². The third kappa shape index (κ3) is 2.34. The molecule has 1 saturated heterocycles. The van der Waals surface area contributed by atoms with Crippen molar-refractivity contribution in [2.24, 2.45) is 0 Å². The highest BCUT2D eigenvalue weighted by molar-refractivity contribution is 7.89. The van der Waals surface area contributed by atoms with Crippen LogP contribution in [0.15, 0.2) is 12.7 Å².